The van der Waals surface area contributed by atoms with E-state index >= 15 is 0 Å². The Kier molecular flexibility index (Phi) is 5.15. The minimum Gasteiger partial charge on any atom is -0.497 e. The number of nitrogens with one attached hydrogen (secondary N) is 1. The summed E-state index contributed by atoms with van der Waals surface area (Å²) in [5.41, 5.74) is 0.913. The van der Waals surface area contributed by atoms with Crippen molar-refractivity contribution in [3.8, 4) is 5.75 Å². The Balaban J connectivity index is 1.46. The number of benzene rings is 1. The standard InChI is InChI=1S/C18H22N4O2/c1-24-16-7-5-15(6-8-16)20-14-18(23)22-12-10-21(11-13-22)17-4-2-3-9-19-17/h2-9,20H,10-14H2,1H3. The number of hydrogen-bond acceptors (Lipinski definition) is 5. The molecule has 24 heavy (non-hydrogen) atoms. The second-order valence-electron chi connectivity index (χ2n) is 5.64. The van der Waals surface area contributed by atoms with E-state index < -0.39 is 0 Å². The number of aromatic nitrogens is 1. The van der Waals surface area contributed by atoms with E-state index in [2.05, 4.69) is 15.2 Å². The molecule has 1 aromatic carbocycles. The Labute approximate surface area is 142 Å². The van der Waals surface area contributed by atoms with Gasteiger partial charge in [-0.25, -0.2) is 4.98 Å². The van der Waals surface area contributed by atoms with Gasteiger partial charge in [-0.15, -0.1) is 0 Å². The van der Waals surface area contributed by atoms with Gasteiger partial charge in [0.15, 0.2) is 0 Å². The van der Waals surface area contributed by atoms with E-state index in [1.165, 1.54) is 0 Å². The van der Waals surface area contributed by atoms with Gasteiger partial charge in [-0.05, 0) is 36.4 Å². The average molecular weight is 326 g/mol. The lowest BCUT2D eigenvalue weighted by atomic mass is 10.2. The molecule has 2 heterocycles. The summed E-state index contributed by atoms with van der Waals surface area (Å²) >= 11 is 0. The van der Waals surface area contributed by atoms with Gasteiger partial charge in [0, 0.05) is 38.1 Å². The van der Waals surface area contributed by atoms with Crippen LogP contribution in [0.25, 0.3) is 0 Å². The van der Waals surface area contributed by atoms with Crippen LogP contribution in [0.1, 0.15) is 0 Å². The predicted octanol–water partition coefficient (Wildman–Crippen LogP) is 1.85. The second kappa shape index (κ2) is 7.68. The first-order valence-corrected chi connectivity index (χ1v) is 8.08. The number of hydrogen-bond donors (Lipinski definition) is 1. The molecule has 1 aromatic heterocycles. The summed E-state index contributed by atoms with van der Waals surface area (Å²) in [5, 5.41) is 3.16. The van der Waals surface area contributed by atoms with Crippen LogP contribution < -0.4 is 15.0 Å². The smallest absolute Gasteiger partial charge is 0.241 e. The Morgan fingerprint density at radius 1 is 1.12 bits per heavy atom. The number of piperazine rings is 1. The van der Waals surface area contributed by atoms with Crippen LogP contribution in [0.2, 0.25) is 0 Å². The summed E-state index contributed by atoms with van der Waals surface area (Å²) in [6.07, 6.45) is 1.80. The maximum atomic E-state index is 12.3. The van der Waals surface area contributed by atoms with Crippen LogP contribution in [0, 0.1) is 0 Å². The molecule has 0 spiro atoms. The maximum Gasteiger partial charge on any atom is 0.241 e. The summed E-state index contributed by atoms with van der Waals surface area (Å²) in [6.45, 7) is 3.37. The quantitative estimate of drug-likeness (QED) is 0.909. The molecule has 1 fully saturated rings. The van der Waals surface area contributed by atoms with Crippen molar-refractivity contribution in [1.29, 1.82) is 0 Å². The lowest BCUT2D eigenvalue weighted by Crippen LogP contribution is -2.50. The first kappa shape index (κ1) is 16.1. The fourth-order valence-corrected chi connectivity index (χ4v) is 2.72. The minimum atomic E-state index is 0.117. The molecule has 0 unspecified atom stereocenters. The van der Waals surface area contributed by atoms with Gasteiger partial charge in [-0.3, -0.25) is 4.79 Å². The monoisotopic (exact) mass is 326 g/mol. The van der Waals surface area contributed by atoms with Crippen LogP contribution >= 0.6 is 0 Å². The molecule has 3 rings (SSSR count). The molecule has 1 aliphatic heterocycles. The van der Waals surface area contributed by atoms with Crippen LogP contribution in [-0.4, -0.2) is 55.6 Å². The van der Waals surface area contributed by atoms with E-state index in [-0.39, 0.29) is 5.91 Å². The van der Waals surface area contributed by atoms with Gasteiger partial charge in [-0.1, -0.05) is 6.07 Å². The molecule has 0 radical (unpaired) electrons. The third kappa shape index (κ3) is 3.95. The molecule has 1 saturated heterocycles. The van der Waals surface area contributed by atoms with E-state index in [4.69, 9.17) is 4.74 Å². The highest BCUT2D eigenvalue weighted by Gasteiger charge is 2.21. The fourth-order valence-electron chi connectivity index (χ4n) is 2.72. The number of carbonyl (C=O) groups excluding carboxylic acids is 1. The fraction of sp³-hybridized carbons (Fsp3) is 0.333. The van der Waals surface area contributed by atoms with Crippen LogP contribution in [0.15, 0.2) is 48.7 Å². The molecule has 126 valence electrons. The summed E-state index contributed by atoms with van der Waals surface area (Å²) < 4.78 is 5.12. The van der Waals surface area contributed by atoms with Gasteiger partial charge >= 0.3 is 0 Å². The molecular formula is C18H22N4O2. The van der Waals surface area contributed by atoms with Gasteiger partial charge in [0.25, 0.3) is 0 Å². The van der Waals surface area contributed by atoms with Gasteiger partial charge in [0.05, 0.1) is 13.7 Å². The summed E-state index contributed by atoms with van der Waals surface area (Å²) in [4.78, 5) is 20.8. The first-order chi connectivity index (χ1) is 11.8. The summed E-state index contributed by atoms with van der Waals surface area (Å²) in [5.74, 6) is 1.89. The van der Waals surface area contributed by atoms with Crippen molar-refractivity contribution >= 4 is 17.4 Å². The van der Waals surface area contributed by atoms with E-state index in [9.17, 15) is 4.79 Å². The molecule has 1 amide bonds. The van der Waals surface area contributed by atoms with Crippen molar-refractivity contribution in [3.63, 3.8) is 0 Å². The Hall–Kier alpha value is -2.76. The maximum absolute atomic E-state index is 12.3. The van der Waals surface area contributed by atoms with Crippen LogP contribution in [0.5, 0.6) is 5.75 Å². The number of methoxy groups -OCH3 is 1. The van der Waals surface area contributed by atoms with Crippen molar-refractivity contribution in [2.45, 2.75) is 0 Å². The number of anilines is 2. The van der Waals surface area contributed by atoms with Gasteiger partial charge in [-0.2, -0.15) is 0 Å². The largest absolute Gasteiger partial charge is 0.497 e. The van der Waals surface area contributed by atoms with E-state index in [1.54, 1.807) is 13.3 Å². The third-order valence-corrected chi connectivity index (χ3v) is 4.14. The lowest BCUT2D eigenvalue weighted by Gasteiger charge is -2.35. The number of ether oxygens (including phenoxy) is 1. The van der Waals surface area contributed by atoms with E-state index in [0.717, 1.165) is 43.4 Å². The molecule has 6 nitrogen and oxygen atoms in total. The molecular weight excluding hydrogens is 304 g/mol. The first-order valence-electron chi connectivity index (χ1n) is 8.08. The zero-order valence-electron chi connectivity index (χ0n) is 13.8. The lowest BCUT2D eigenvalue weighted by molar-refractivity contribution is -0.129. The Morgan fingerprint density at radius 3 is 2.50 bits per heavy atom. The van der Waals surface area contributed by atoms with Crippen LogP contribution in [-0.2, 0) is 4.79 Å². The third-order valence-electron chi connectivity index (χ3n) is 4.14. The SMILES string of the molecule is COc1ccc(NCC(=O)N2CCN(c3ccccn3)CC2)cc1. The van der Waals surface area contributed by atoms with Crippen molar-refractivity contribution in [2.75, 3.05) is 50.1 Å². The predicted molar refractivity (Wildman–Crippen MR) is 94.5 cm³/mol. The van der Waals surface area contributed by atoms with Gasteiger partial charge in [0.1, 0.15) is 11.6 Å². The van der Waals surface area contributed by atoms with Gasteiger partial charge < -0.3 is 19.9 Å². The number of nitrogens with zero attached hydrogens (tertiary/aromatic N) is 3. The molecule has 0 saturated carbocycles. The number of pyridine rings is 1. The molecule has 1 N–H and O–H groups in total. The molecule has 0 atom stereocenters. The number of amides is 1. The van der Waals surface area contributed by atoms with Crippen molar-refractivity contribution in [1.82, 2.24) is 9.88 Å². The van der Waals surface area contributed by atoms with Gasteiger partial charge in [0.2, 0.25) is 5.91 Å². The van der Waals surface area contributed by atoms with Crippen LogP contribution in [0.4, 0.5) is 11.5 Å². The summed E-state index contributed by atoms with van der Waals surface area (Å²) in [6, 6.07) is 13.5. The van der Waals surface area contributed by atoms with Crippen molar-refractivity contribution in [3.05, 3.63) is 48.7 Å². The zero-order chi connectivity index (χ0) is 16.8. The van der Waals surface area contributed by atoms with Crippen molar-refractivity contribution < 1.29 is 9.53 Å². The average Bonchev–Trinajstić information content (AvgIpc) is 2.67. The molecule has 1 aliphatic rings. The van der Waals surface area contributed by atoms with Crippen molar-refractivity contribution in [2.24, 2.45) is 0 Å². The van der Waals surface area contributed by atoms with Crippen LogP contribution in [0.3, 0.4) is 0 Å². The highest BCUT2D eigenvalue weighted by atomic mass is 16.5. The molecule has 6 heteroatoms. The van der Waals surface area contributed by atoms with E-state index in [1.807, 2.05) is 47.4 Å². The summed E-state index contributed by atoms with van der Waals surface area (Å²) in [7, 11) is 1.64. The number of rotatable bonds is 5. The molecule has 0 bridgehead atoms. The topological polar surface area (TPSA) is 57.7 Å². The molecule has 2 aromatic rings. The zero-order valence-corrected chi connectivity index (χ0v) is 13.8. The minimum absolute atomic E-state index is 0.117. The normalized spacial score (nSPS) is 14.4. The van der Waals surface area contributed by atoms with E-state index in [0.29, 0.717) is 6.54 Å². The highest BCUT2D eigenvalue weighted by Crippen LogP contribution is 2.15. The highest BCUT2D eigenvalue weighted by molar-refractivity contribution is 5.81. The number of carbonyl (C=O) groups is 1. The molecule has 0 aliphatic carbocycles. The Bertz CT molecular complexity index is 652. The Morgan fingerprint density at radius 2 is 1.88 bits per heavy atom. The second-order valence-corrected chi connectivity index (χ2v) is 5.64.